The second-order valence-electron chi connectivity index (χ2n) is 4.54. The summed E-state index contributed by atoms with van der Waals surface area (Å²) in [6.45, 7) is 1.58. The number of alkyl halides is 1. The van der Waals surface area contributed by atoms with Crippen LogP contribution in [0, 0.1) is 0 Å². The van der Waals surface area contributed by atoms with E-state index in [4.69, 9.17) is 16.3 Å². The smallest absolute Gasteiger partial charge is 0.253 e. The van der Waals surface area contributed by atoms with Crippen molar-refractivity contribution in [3.63, 3.8) is 0 Å². The number of amides is 1. The minimum Gasteiger partial charge on any atom is -0.383 e. The van der Waals surface area contributed by atoms with Crippen LogP contribution in [0.15, 0.2) is 42.5 Å². The molecule has 0 aliphatic rings. The van der Waals surface area contributed by atoms with E-state index >= 15 is 0 Å². The molecule has 0 saturated heterocycles. The molecule has 0 N–H and O–H groups in total. The standard InChI is InChI=1S/C16H18ClNO2/c1-20-11-10-18(9-8-17)16(19)15-7-6-13-4-2-3-5-14(13)12-15/h2-7,12H,8-11H2,1H3. The monoisotopic (exact) mass is 291 g/mol. The number of carbonyl (C=O) groups excluding carboxylic acids is 1. The number of hydrogen-bond acceptors (Lipinski definition) is 2. The van der Waals surface area contributed by atoms with Gasteiger partial charge in [0.25, 0.3) is 5.91 Å². The molecule has 0 unspecified atom stereocenters. The summed E-state index contributed by atoms with van der Waals surface area (Å²) >= 11 is 5.77. The Morgan fingerprint density at radius 3 is 2.60 bits per heavy atom. The second-order valence-corrected chi connectivity index (χ2v) is 4.91. The molecule has 0 fully saturated rings. The lowest BCUT2D eigenvalue weighted by Gasteiger charge is -2.21. The molecule has 0 saturated carbocycles. The Hall–Kier alpha value is -1.58. The quantitative estimate of drug-likeness (QED) is 0.765. The van der Waals surface area contributed by atoms with Gasteiger partial charge in [-0.15, -0.1) is 11.6 Å². The maximum atomic E-state index is 12.5. The van der Waals surface area contributed by atoms with Gasteiger partial charge in [-0.3, -0.25) is 4.79 Å². The van der Waals surface area contributed by atoms with E-state index in [2.05, 4.69) is 0 Å². The Balaban J connectivity index is 2.23. The van der Waals surface area contributed by atoms with Crippen LogP contribution in [0.1, 0.15) is 10.4 Å². The molecule has 2 aromatic carbocycles. The third-order valence-electron chi connectivity index (χ3n) is 3.20. The molecule has 0 heterocycles. The number of hydrogen-bond donors (Lipinski definition) is 0. The summed E-state index contributed by atoms with van der Waals surface area (Å²) in [4.78, 5) is 14.2. The van der Waals surface area contributed by atoms with E-state index in [-0.39, 0.29) is 5.91 Å². The molecule has 2 rings (SSSR count). The molecule has 0 radical (unpaired) electrons. The number of fused-ring (bicyclic) bond motifs is 1. The van der Waals surface area contributed by atoms with Gasteiger partial charge in [0.15, 0.2) is 0 Å². The second kappa shape index (κ2) is 7.27. The molecule has 0 aliphatic carbocycles. The summed E-state index contributed by atoms with van der Waals surface area (Å²) < 4.78 is 5.04. The van der Waals surface area contributed by atoms with Crippen LogP contribution < -0.4 is 0 Å². The lowest BCUT2D eigenvalue weighted by Crippen LogP contribution is -2.35. The average Bonchev–Trinajstić information content (AvgIpc) is 2.50. The maximum Gasteiger partial charge on any atom is 0.253 e. The number of carbonyl (C=O) groups is 1. The lowest BCUT2D eigenvalue weighted by molar-refractivity contribution is 0.0708. The Bertz CT molecular complexity index is 585. The van der Waals surface area contributed by atoms with E-state index in [1.165, 1.54) is 0 Å². The molecule has 106 valence electrons. The molecule has 20 heavy (non-hydrogen) atoms. The Kier molecular flexibility index (Phi) is 5.39. The first kappa shape index (κ1) is 14.8. The van der Waals surface area contributed by atoms with Gasteiger partial charge >= 0.3 is 0 Å². The highest BCUT2D eigenvalue weighted by Gasteiger charge is 2.15. The van der Waals surface area contributed by atoms with Crippen LogP contribution in [0.25, 0.3) is 10.8 Å². The van der Waals surface area contributed by atoms with Gasteiger partial charge in [0.1, 0.15) is 0 Å². The lowest BCUT2D eigenvalue weighted by atomic mass is 10.1. The third-order valence-corrected chi connectivity index (χ3v) is 3.37. The fraction of sp³-hybridized carbons (Fsp3) is 0.312. The topological polar surface area (TPSA) is 29.5 Å². The highest BCUT2D eigenvalue weighted by Crippen LogP contribution is 2.17. The summed E-state index contributed by atoms with van der Waals surface area (Å²) in [5.74, 6) is 0.414. The first-order valence-corrected chi connectivity index (χ1v) is 7.12. The number of nitrogens with zero attached hydrogens (tertiary/aromatic N) is 1. The van der Waals surface area contributed by atoms with E-state index in [0.29, 0.717) is 31.1 Å². The van der Waals surface area contributed by atoms with Crippen LogP contribution in [0.4, 0.5) is 0 Å². The van der Waals surface area contributed by atoms with Crippen LogP contribution in [0.3, 0.4) is 0 Å². The fourth-order valence-electron chi connectivity index (χ4n) is 2.12. The molecule has 0 spiro atoms. The molecule has 0 aliphatic heterocycles. The van der Waals surface area contributed by atoms with Gasteiger partial charge in [0.2, 0.25) is 0 Å². The van der Waals surface area contributed by atoms with Crippen LogP contribution in [0.5, 0.6) is 0 Å². The summed E-state index contributed by atoms with van der Waals surface area (Å²) in [7, 11) is 1.62. The first-order valence-electron chi connectivity index (χ1n) is 6.59. The van der Waals surface area contributed by atoms with Crippen LogP contribution in [-0.4, -0.2) is 43.5 Å². The summed E-state index contributed by atoms with van der Waals surface area (Å²) in [5, 5.41) is 2.20. The molecule has 3 nitrogen and oxygen atoms in total. The third kappa shape index (κ3) is 3.50. The van der Waals surface area contributed by atoms with E-state index in [1.807, 2.05) is 42.5 Å². The zero-order chi connectivity index (χ0) is 14.4. The van der Waals surface area contributed by atoms with Gasteiger partial charge in [0, 0.05) is 31.6 Å². The number of ether oxygens (including phenoxy) is 1. The van der Waals surface area contributed by atoms with Crippen molar-refractivity contribution in [2.24, 2.45) is 0 Å². The van der Waals surface area contributed by atoms with Crippen molar-refractivity contribution in [1.82, 2.24) is 4.90 Å². The number of halogens is 1. The Morgan fingerprint density at radius 2 is 1.90 bits per heavy atom. The number of methoxy groups -OCH3 is 1. The van der Waals surface area contributed by atoms with Crippen LogP contribution in [0.2, 0.25) is 0 Å². The van der Waals surface area contributed by atoms with Crippen molar-refractivity contribution < 1.29 is 9.53 Å². The van der Waals surface area contributed by atoms with Crippen molar-refractivity contribution in [2.75, 3.05) is 32.7 Å². The zero-order valence-corrected chi connectivity index (χ0v) is 12.3. The van der Waals surface area contributed by atoms with Crippen molar-refractivity contribution in [1.29, 1.82) is 0 Å². The molecule has 0 bridgehead atoms. The molecule has 0 aromatic heterocycles. The fourth-order valence-corrected chi connectivity index (χ4v) is 2.33. The SMILES string of the molecule is COCCN(CCCl)C(=O)c1ccc2ccccc2c1. The minimum atomic E-state index is -0.00606. The molecule has 0 atom stereocenters. The highest BCUT2D eigenvalue weighted by molar-refractivity contribution is 6.18. The van der Waals surface area contributed by atoms with E-state index in [1.54, 1.807) is 12.0 Å². The average molecular weight is 292 g/mol. The Morgan fingerprint density at radius 1 is 1.15 bits per heavy atom. The van der Waals surface area contributed by atoms with Crippen molar-refractivity contribution in [3.8, 4) is 0 Å². The first-order chi connectivity index (χ1) is 9.76. The largest absolute Gasteiger partial charge is 0.383 e. The molecule has 2 aromatic rings. The molecular formula is C16H18ClNO2. The van der Waals surface area contributed by atoms with Crippen molar-refractivity contribution >= 4 is 28.3 Å². The zero-order valence-electron chi connectivity index (χ0n) is 11.5. The molecule has 4 heteroatoms. The van der Waals surface area contributed by atoms with E-state index in [9.17, 15) is 4.79 Å². The van der Waals surface area contributed by atoms with Gasteiger partial charge in [-0.2, -0.15) is 0 Å². The van der Waals surface area contributed by atoms with Gasteiger partial charge < -0.3 is 9.64 Å². The molecular weight excluding hydrogens is 274 g/mol. The van der Waals surface area contributed by atoms with E-state index < -0.39 is 0 Å². The van der Waals surface area contributed by atoms with Crippen molar-refractivity contribution in [3.05, 3.63) is 48.0 Å². The Labute approximate surface area is 124 Å². The van der Waals surface area contributed by atoms with E-state index in [0.717, 1.165) is 10.8 Å². The van der Waals surface area contributed by atoms with Crippen LogP contribution in [-0.2, 0) is 4.74 Å². The normalized spacial score (nSPS) is 10.7. The van der Waals surface area contributed by atoms with Gasteiger partial charge in [0.05, 0.1) is 6.61 Å². The summed E-state index contributed by atoms with van der Waals surface area (Å²) in [6, 6.07) is 13.8. The molecule has 1 amide bonds. The predicted octanol–water partition coefficient (Wildman–Crippen LogP) is 3.17. The van der Waals surface area contributed by atoms with Crippen molar-refractivity contribution in [2.45, 2.75) is 0 Å². The van der Waals surface area contributed by atoms with Crippen LogP contribution >= 0.6 is 11.6 Å². The van der Waals surface area contributed by atoms with Gasteiger partial charge in [-0.1, -0.05) is 30.3 Å². The van der Waals surface area contributed by atoms with Gasteiger partial charge in [-0.05, 0) is 22.9 Å². The number of rotatable bonds is 6. The minimum absolute atomic E-state index is 0.00606. The summed E-state index contributed by atoms with van der Waals surface area (Å²) in [6.07, 6.45) is 0. The summed E-state index contributed by atoms with van der Waals surface area (Å²) in [5.41, 5.74) is 0.685. The predicted molar refractivity (Wildman–Crippen MR) is 82.4 cm³/mol. The maximum absolute atomic E-state index is 12.5. The number of benzene rings is 2. The highest BCUT2D eigenvalue weighted by atomic mass is 35.5. The van der Waals surface area contributed by atoms with Gasteiger partial charge in [-0.25, -0.2) is 0 Å².